The number of amides is 1. The molecule has 1 aromatic carbocycles. The van der Waals surface area contributed by atoms with E-state index in [0.717, 1.165) is 11.9 Å². The van der Waals surface area contributed by atoms with Gasteiger partial charge in [0.15, 0.2) is 0 Å². The quantitative estimate of drug-likeness (QED) is 0.734. The molecule has 0 spiro atoms. The first-order valence-corrected chi connectivity index (χ1v) is 8.48. The van der Waals surface area contributed by atoms with E-state index in [0.29, 0.717) is 13.1 Å². The number of rotatable bonds is 7. The second kappa shape index (κ2) is 7.53. The van der Waals surface area contributed by atoms with Crippen LogP contribution in [0, 0.1) is 0 Å². The molecule has 0 heterocycles. The lowest BCUT2D eigenvalue weighted by atomic mass is 10.3. The third-order valence-electron chi connectivity index (χ3n) is 3.09. The molecular formula is C14H23N3O3S. The van der Waals surface area contributed by atoms with Crippen LogP contribution in [0.2, 0.25) is 0 Å². The third-order valence-corrected chi connectivity index (χ3v) is 4.34. The van der Waals surface area contributed by atoms with Gasteiger partial charge >= 0.3 is 0 Å². The normalized spacial score (nSPS) is 11.9. The Bertz CT molecular complexity index is 558. The highest BCUT2D eigenvalue weighted by molar-refractivity contribution is 7.88. The van der Waals surface area contributed by atoms with Gasteiger partial charge in [-0.3, -0.25) is 4.79 Å². The minimum absolute atomic E-state index is 0.155. The van der Waals surface area contributed by atoms with Crippen molar-refractivity contribution in [1.82, 2.24) is 9.21 Å². The third kappa shape index (κ3) is 5.82. The van der Waals surface area contributed by atoms with E-state index in [4.69, 9.17) is 0 Å². The first-order valence-electron chi connectivity index (χ1n) is 6.63. The van der Waals surface area contributed by atoms with Gasteiger partial charge in [0.2, 0.25) is 15.9 Å². The predicted molar refractivity (Wildman–Crippen MR) is 84.8 cm³/mol. The summed E-state index contributed by atoms with van der Waals surface area (Å²) in [6.45, 7) is 0.702. The number of sulfonamides is 1. The Labute approximate surface area is 127 Å². The van der Waals surface area contributed by atoms with Crippen LogP contribution in [0.15, 0.2) is 30.3 Å². The summed E-state index contributed by atoms with van der Waals surface area (Å²) in [6.07, 6.45) is 1.12. The van der Waals surface area contributed by atoms with E-state index in [1.54, 1.807) is 7.05 Å². The van der Waals surface area contributed by atoms with Gasteiger partial charge in [-0.2, -0.15) is 4.31 Å². The highest BCUT2D eigenvalue weighted by atomic mass is 32.2. The van der Waals surface area contributed by atoms with Gasteiger partial charge in [0.05, 0.1) is 12.8 Å². The average molecular weight is 313 g/mol. The summed E-state index contributed by atoms with van der Waals surface area (Å²) < 4.78 is 24.8. The summed E-state index contributed by atoms with van der Waals surface area (Å²) in [6, 6.07) is 9.14. The molecule has 0 saturated heterocycles. The van der Waals surface area contributed by atoms with Crippen molar-refractivity contribution in [2.45, 2.75) is 0 Å². The molecule has 0 aliphatic rings. The molecule has 0 aromatic heterocycles. The van der Waals surface area contributed by atoms with Crippen LogP contribution in [0.1, 0.15) is 0 Å². The average Bonchev–Trinajstić information content (AvgIpc) is 2.41. The molecule has 0 fully saturated rings. The maximum atomic E-state index is 12.3. The van der Waals surface area contributed by atoms with Gasteiger partial charge in [0, 0.05) is 25.8 Å². The molecule has 1 aromatic rings. The summed E-state index contributed by atoms with van der Waals surface area (Å²) in [5.41, 5.74) is 0.739. The van der Waals surface area contributed by atoms with E-state index in [-0.39, 0.29) is 12.5 Å². The molecule has 0 saturated carbocycles. The second-order valence-corrected chi connectivity index (χ2v) is 7.17. The van der Waals surface area contributed by atoms with Crippen molar-refractivity contribution in [3.63, 3.8) is 0 Å². The van der Waals surface area contributed by atoms with Crippen LogP contribution in [0.4, 0.5) is 5.69 Å². The van der Waals surface area contributed by atoms with Crippen molar-refractivity contribution in [1.29, 1.82) is 0 Å². The van der Waals surface area contributed by atoms with Crippen LogP contribution in [-0.2, 0) is 14.8 Å². The van der Waals surface area contributed by atoms with Gasteiger partial charge in [-0.15, -0.1) is 0 Å². The number of para-hydroxylation sites is 1. The van der Waals surface area contributed by atoms with Crippen LogP contribution in [0.5, 0.6) is 0 Å². The lowest BCUT2D eigenvalue weighted by molar-refractivity contribution is -0.118. The molecule has 0 bridgehead atoms. The molecule has 0 aliphatic heterocycles. The fourth-order valence-electron chi connectivity index (χ4n) is 1.73. The molecule has 21 heavy (non-hydrogen) atoms. The number of nitrogens with zero attached hydrogens (tertiary/aromatic N) is 3. The van der Waals surface area contributed by atoms with Crippen molar-refractivity contribution in [3.8, 4) is 0 Å². The van der Waals surface area contributed by atoms with Crippen molar-refractivity contribution in [3.05, 3.63) is 30.3 Å². The predicted octanol–water partition coefficient (Wildman–Crippen LogP) is 0.473. The fraction of sp³-hybridized carbons (Fsp3) is 0.500. The number of likely N-dealkylation sites (N-methyl/N-ethyl adjacent to an activating group) is 2. The van der Waals surface area contributed by atoms with E-state index in [1.165, 1.54) is 9.21 Å². The maximum Gasteiger partial charge on any atom is 0.242 e. The molecule has 0 radical (unpaired) electrons. The topological polar surface area (TPSA) is 60.9 Å². The Morgan fingerprint density at radius 1 is 1.05 bits per heavy atom. The number of anilines is 1. The number of carbonyl (C=O) groups is 1. The molecule has 1 rings (SSSR count). The van der Waals surface area contributed by atoms with Crippen molar-refractivity contribution in [2.75, 3.05) is 51.9 Å². The van der Waals surface area contributed by atoms with E-state index in [2.05, 4.69) is 0 Å². The number of carbonyl (C=O) groups excluding carboxylic acids is 1. The Morgan fingerprint density at radius 2 is 1.62 bits per heavy atom. The smallest absolute Gasteiger partial charge is 0.242 e. The first kappa shape index (κ1) is 17.6. The van der Waals surface area contributed by atoms with Crippen LogP contribution in [0.3, 0.4) is 0 Å². The van der Waals surface area contributed by atoms with E-state index in [1.807, 2.05) is 49.3 Å². The van der Waals surface area contributed by atoms with Crippen LogP contribution >= 0.6 is 0 Å². The Hall–Kier alpha value is -1.44. The van der Waals surface area contributed by atoms with E-state index in [9.17, 15) is 13.2 Å². The zero-order valence-corrected chi connectivity index (χ0v) is 13.8. The Balaban J connectivity index is 2.76. The molecule has 7 heteroatoms. The van der Waals surface area contributed by atoms with E-state index >= 15 is 0 Å². The summed E-state index contributed by atoms with van der Waals surface area (Å²) in [5.74, 6) is -0.259. The fourth-order valence-corrected chi connectivity index (χ4v) is 2.48. The van der Waals surface area contributed by atoms with E-state index < -0.39 is 10.0 Å². The number of hydrogen-bond acceptors (Lipinski definition) is 4. The Kier molecular flexibility index (Phi) is 6.32. The lowest BCUT2D eigenvalue weighted by Gasteiger charge is -2.24. The molecule has 6 nitrogen and oxygen atoms in total. The largest absolute Gasteiger partial charge is 0.314 e. The second-order valence-electron chi connectivity index (χ2n) is 5.19. The summed E-state index contributed by atoms with van der Waals surface area (Å²) >= 11 is 0. The SMILES string of the molecule is CN(C)CCN(CC(=O)N(C)c1ccccc1)S(C)(=O)=O. The molecule has 0 unspecified atom stereocenters. The molecule has 0 aliphatic carbocycles. The standard InChI is InChI=1S/C14H23N3O3S/c1-15(2)10-11-17(21(4,19)20)12-14(18)16(3)13-8-6-5-7-9-13/h5-9H,10-12H2,1-4H3. The number of hydrogen-bond donors (Lipinski definition) is 0. The van der Waals surface area contributed by atoms with Crippen molar-refractivity contribution in [2.24, 2.45) is 0 Å². The molecule has 118 valence electrons. The van der Waals surface area contributed by atoms with Gasteiger partial charge in [-0.25, -0.2) is 8.42 Å². The lowest BCUT2D eigenvalue weighted by Crippen LogP contribution is -2.43. The highest BCUT2D eigenvalue weighted by Crippen LogP contribution is 2.12. The molecular weight excluding hydrogens is 290 g/mol. The minimum Gasteiger partial charge on any atom is -0.314 e. The molecule has 0 N–H and O–H groups in total. The summed E-state index contributed by atoms with van der Waals surface area (Å²) in [5, 5.41) is 0. The van der Waals surface area contributed by atoms with Crippen LogP contribution in [-0.4, -0.2) is 70.6 Å². The summed E-state index contributed by atoms with van der Waals surface area (Å²) in [7, 11) is 1.95. The number of benzene rings is 1. The zero-order chi connectivity index (χ0) is 16.0. The monoisotopic (exact) mass is 313 g/mol. The van der Waals surface area contributed by atoms with Crippen LogP contribution in [0.25, 0.3) is 0 Å². The first-order chi connectivity index (χ1) is 9.71. The zero-order valence-electron chi connectivity index (χ0n) is 13.0. The summed E-state index contributed by atoms with van der Waals surface area (Å²) in [4.78, 5) is 15.6. The van der Waals surface area contributed by atoms with Crippen molar-refractivity contribution < 1.29 is 13.2 Å². The van der Waals surface area contributed by atoms with Gasteiger partial charge < -0.3 is 9.80 Å². The van der Waals surface area contributed by atoms with Gasteiger partial charge in [0.25, 0.3) is 0 Å². The minimum atomic E-state index is -3.41. The highest BCUT2D eigenvalue weighted by Gasteiger charge is 2.22. The van der Waals surface area contributed by atoms with Crippen molar-refractivity contribution >= 4 is 21.6 Å². The maximum absolute atomic E-state index is 12.3. The van der Waals surface area contributed by atoms with Gasteiger partial charge in [-0.05, 0) is 26.2 Å². The molecule has 1 amide bonds. The van der Waals surface area contributed by atoms with Gasteiger partial charge in [-0.1, -0.05) is 18.2 Å². The van der Waals surface area contributed by atoms with Crippen LogP contribution < -0.4 is 4.90 Å². The Morgan fingerprint density at radius 3 is 2.10 bits per heavy atom. The molecule has 0 atom stereocenters. The van der Waals surface area contributed by atoms with Gasteiger partial charge in [0.1, 0.15) is 0 Å².